The number of hydrogen-bond donors (Lipinski definition) is 0. The van der Waals surface area contributed by atoms with E-state index in [-0.39, 0.29) is 80.8 Å². The Morgan fingerprint density at radius 1 is 1.02 bits per heavy atom. The van der Waals surface area contributed by atoms with Gasteiger partial charge in [-0.3, -0.25) is 14.4 Å². The van der Waals surface area contributed by atoms with E-state index in [4.69, 9.17) is 14.1 Å². The molecule has 3 heterocycles. The Kier molecular flexibility index (Phi) is 9.93. The van der Waals surface area contributed by atoms with Crippen molar-refractivity contribution in [3.05, 3.63) is 105 Å². The third kappa shape index (κ3) is 6.71. The van der Waals surface area contributed by atoms with Gasteiger partial charge >= 0.3 is 63.1 Å². The van der Waals surface area contributed by atoms with Crippen LogP contribution >= 0.6 is 0 Å². The monoisotopic (exact) mass is 648 g/mol. The van der Waals surface area contributed by atoms with E-state index in [1.165, 1.54) is 0 Å². The number of benzene rings is 3. The van der Waals surface area contributed by atoms with E-state index in [0.29, 0.717) is 40.7 Å². The Balaban J connectivity index is 0.00000417. The summed E-state index contributed by atoms with van der Waals surface area (Å²) in [6.45, 7) is 7.86. The van der Waals surface area contributed by atoms with Gasteiger partial charge in [0.1, 0.15) is 0 Å². The van der Waals surface area contributed by atoms with Gasteiger partial charge < -0.3 is 24.2 Å². The number of carbonyl (C=O) groups excluding carboxylic acids is 1. The number of para-hydroxylation sites is 1. The molecular weight excluding hydrogens is 619 g/mol. The molecule has 0 saturated carbocycles. The maximum atomic E-state index is 13.4. The average molecular weight is 649 g/mol. The van der Waals surface area contributed by atoms with Crippen molar-refractivity contribution in [3.8, 4) is 28.5 Å². The van der Waals surface area contributed by atoms with E-state index in [0.717, 1.165) is 16.7 Å². The third-order valence-corrected chi connectivity index (χ3v) is 7.14. The van der Waals surface area contributed by atoms with Crippen LogP contribution in [-0.4, -0.2) is 32.4 Å². The van der Waals surface area contributed by atoms with Gasteiger partial charge in [0, 0.05) is 10.6 Å². The second kappa shape index (κ2) is 13.7. The van der Waals surface area contributed by atoms with Crippen LogP contribution in [0.5, 0.6) is 6.01 Å². The Bertz CT molecular complexity index is 2050. The standard InChI is InChI=1S/C32H30N6O7.K/c1-5-42-30-33-24-12-8-11-23(29(39)43-18-25-27(32(2,3)4)38(41)45-35-25)26(24)37(30)17-19-13-15-20(16-14-19)21-9-6-7-10-22(21)28-34-31(40)44-36-28;/h6-16H,5,17-18H2,1-4H3,(H,34,36,40);/q;+1/p-1. The van der Waals surface area contributed by atoms with Crippen molar-refractivity contribution in [1.29, 1.82) is 0 Å². The van der Waals surface area contributed by atoms with Crippen molar-refractivity contribution in [2.24, 2.45) is 0 Å². The fourth-order valence-corrected chi connectivity index (χ4v) is 5.22. The number of imidazole rings is 1. The minimum absolute atomic E-state index is 0. The summed E-state index contributed by atoms with van der Waals surface area (Å²) < 4.78 is 22.7. The van der Waals surface area contributed by atoms with Crippen LogP contribution in [-0.2, 0) is 23.3 Å². The summed E-state index contributed by atoms with van der Waals surface area (Å²) in [5.74, 6) is -1.14. The molecule has 0 spiro atoms. The second-order valence-corrected chi connectivity index (χ2v) is 11.3. The molecule has 6 aromatic rings. The summed E-state index contributed by atoms with van der Waals surface area (Å²) in [4.78, 5) is 33.7. The smallest absolute Gasteiger partial charge is 0.465 e. The van der Waals surface area contributed by atoms with Gasteiger partial charge in [0.05, 0.1) is 29.7 Å². The Morgan fingerprint density at radius 2 is 1.76 bits per heavy atom. The van der Waals surface area contributed by atoms with Crippen LogP contribution in [0.2, 0.25) is 0 Å². The van der Waals surface area contributed by atoms with Crippen LogP contribution in [0.25, 0.3) is 33.5 Å². The first-order chi connectivity index (χ1) is 21.6. The third-order valence-electron chi connectivity index (χ3n) is 7.14. The van der Waals surface area contributed by atoms with E-state index >= 15 is 0 Å². The molecule has 0 amide bonds. The minimum atomic E-state index is -0.750. The van der Waals surface area contributed by atoms with Crippen LogP contribution in [0.15, 0.2) is 80.7 Å². The van der Waals surface area contributed by atoms with Crippen molar-refractivity contribution in [3.63, 3.8) is 0 Å². The molecule has 0 bridgehead atoms. The summed E-state index contributed by atoms with van der Waals surface area (Å²) in [5, 5.41) is 19.7. The molecule has 0 radical (unpaired) electrons. The van der Waals surface area contributed by atoms with Crippen LogP contribution in [0.4, 0.5) is 0 Å². The first-order valence-corrected chi connectivity index (χ1v) is 14.2. The Morgan fingerprint density at radius 3 is 2.43 bits per heavy atom. The van der Waals surface area contributed by atoms with E-state index in [9.17, 15) is 14.8 Å². The van der Waals surface area contributed by atoms with Crippen LogP contribution in [0.3, 0.4) is 0 Å². The van der Waals surface area contributed by atoms with Gasteiger partial charge in [0.25, 0.3) is 11.7 Å². The quantitative estimate of drug-likeness (QED) is 0.127. The maximum Gasteiger partial charge on any atom is 1.00 e. The molecule has 0 aliphatic heterocycles. The van der Waals surface area contributed by atoms with Crippen LogP contribution < -0.4 is 71.8 Å². The topological polar surface area (TPSA) is 164 Å². The van der Waals surface area contributed by atoms with Gasteiger partial charge in [-0.1, -0.05) is 75.4 Å². The second-order valence-electron chi connectivity index (χ2n) is 11.3. The number of esters is 1. The number of hydrogen-bond acceptors (Lipinski definition) is 10. The zero-order valence-electron chi connectivity index (χ0n) is 26.0. The SMILES string of the molecule is CCOc1nc2cccc(C(=O)OCc3no[n+]([O-])c3C(C)(C)C)c2n1Cc1ccc(-c2ccccc2-c2noc(=O)[n-]2)cc1.[K+]. The summed E-state index contributed by atoms with van der Waals surface area (Å²) in [7, 11) is 0. The van der Waals surface area contributed by atoms with Gasteiger partial charge in [-0.15, -0.1) is 0 Å². The molecule has 6 rings (SSSR count). The van der Waals surface area contributed by atoms with E-state index in [1.807, 2.05) is 80.8 Å². The molecule has 0 aliphatic rings. The predicted octanol–water partition coefficient (Wildman–Crippen LogP) is 1.40. The zero-order chi connectivity index (χ0) is 31.7. The van der Waals surface area contributed by atoms with E-state index < -0.39 is 17.1 Å². The molecule has 0 saturated heterocycles. The molecule has 230 valence electrons. The molecule has 46 heavy (non-hydrogen) atoms. The van der Waals surface area contributed by atoms with Gasteiger partial charge in [-0.05, 0) is 52.0 Å². The molecule has 13 nitrogen and oxygen atoms in total. The minimum Gasteiger partial charge on any atom is -0.465 e. The molecule has 0 unspecified atom stereocenters. The van der Waals surface area contributed by atoms with Crippen molar-refractivity contribution in [1.82, 2.24) is 24.8 Å². The molecule has 0 aliphatic carbocycles. The number of aromatic nitrogens is 6. The Hall–Kier alpha value is -4.08. The number of rotatable bonds is 9. The summed E-state index contributed by atoms with van der Waals surface area (Å²) in [6.07, 6.45) is 0. The van der Waals surface area contributed by atoms with Crippen LogP contribution in [0.1, 0.15) is 55.0 Å². The molecule has 14 heteroatoms. The van der Waals surface area contributed by atoms with E-state index in [2.05, 4.69) is 24.8 Å². The maximum absolute atomic E-state index is 13.4. The van der Waals surface area contributed by atoms with Gasteiger partial charge in [-0.25, -0.2) is 9.59 Å². The van der Waals surface area contributed by atoms with Crippen molar-refractivity contribution < 1.29 is 79.7 Å². The summed E-state index contributed by atoms with van der Waals surface area (Å²) in [5.41, 5.74) is 4.66. The fourth-order valence-electron chi connectivity index (χ4n) is 5.22. The van der Waals surface area contributed by atoms with Gasteiger partial charge in [0.15, 0.2) is 6.61 Å². The molecule has 0 N–H and O–H groups in total. The van der Waals surface area contributed by atoms with Crippen molar-refractivity contribution in [2.75, 3.05) is 6.61 Å². The average Bonchev–Trinajstić information content (AvgIpc) is 3.73. The van der Waals surface area contributed by atoms with Crippen molar-refractivity contribution in [2.45, 2.75) is 46.3 Å². The van der Waals surface area contributed by atoms with Crippen LogP contribution in [0, 0.1) is 5.21 Å². The molecule has 0 atom stereocenters. The number of carbonyl (C=O) groups is 1. The zero-order valence-corrected chi connectivity index (χ0v) is 29.1. The largest absolute Gasteiger partial charge is 1.00 e. The van der Waals surface area contributed by atoms with Crippen molar-refractivity contribution >= 4 is 17.0 Å². The normalized spacial score (nSPS) is 11.4. The number of nitrogens with zero attached hydrogens (tertiary/aromatic N) is 6. The van der Waals surface area contributed by atoms with E-state index in [1.54, 1.807) is 18.2 Å². The van der Waals surface area contributed by atoms with Gasteiger partial charge in [-0.2, -0.15) is 4.98 Å². The Labute approximate surface area is 305 Å². The molecule has 0 fully saturated rings. The first kappa shape index (κ1) is 33.3. The molecule has 3 aromatic carbocycles. The van der Waals surface area contributed by atoms with Gasteiger partial charge in [0.2, 0.25) is 5.69 Å². The summed E-state index contributed by atoms with van der Waals surface area (Å²) in [6, 6.07) is 20.8. The number of ether oxygens (including phenoxy) is 2. The molecular formula is C32H29KN6O7. The fraction of sp³-hybridized carbons (Fsp3) is 0.250. The number of fused-ring (bicyclic) bond motifs is 1. The predicted molar refractivity (Wildman–Crippen MR) is 160 cm³/mol. The summed E-state index contributed by atoms with van der Waals surface area (Å²) >= 11 is 0. The molecule has 3 aromatic heterocycles. The first-order valence-electron chi connectivity index (χ1n) is 14.2.